The van der Waals surface area contributed by atoms with Crippen molar-refractivity contribution < 1.29 is 13.9 Å². The molecule has 18 heavy (non-hydrogen) atoms. The van der Waals surface area contributed by atoms with E-state index in [4.69, 9.17) is 4.74 Å². The normalized spacial score (nSPS) is 13.7. The van der Waals surface area contributed by atoms with Gasteiger partial charge in [0.05, 0.1) is 18.1 Å². The number of hydrogen-bond donors (Lipinski definition) is 1. The molecule has 1 N–H and O–H groups in total. The van der Waals surface area contributed by atoms with Crippen LogP contribution in [0.2, 0.25) is 0 Å². The van der Waals surface area contributed by atoms with E-state index in [1.807, 2.05) is 6.92 Å². The number of ether oxygens (including phenoxy) is 1. The Kier molecular flexibility index (Phi) is 5.08. The molecule has 100 valence electrons. The predicted octanol–water partition coefficient (Wildman–Crippen LogP) is 1.78. The van der Waals surface area contributed by atoms with Crippen LogP contribution in [0, 0.1) is 10.1 Å². The summed E-state index contributed by atoms with van der Waals surface area (Å²) >= 11 is 0. The van der Waals surface area contributed by atoms with E-state index in [-0.39, 0.29) is 11.7 Å². The molecule has 2 atom stereocenters. The molecule has 0 radical (unpaired) electrons. The standard InChI is InChI=1S/C11H16N2O4S/c1-8(7-18(3)16)12-9-4-10(13(14)15)6-11(5-9)17-2/h4-6,8,12H,7H2,1-3H3. The highest BCUT2D eigenvalue weighted by Gasteiger charge is 2.12. The van der Waals surface area contributed by atoms with E-state index in [0.717, 1.165) is 0 Å². The second-order valence-corrected chi connectivity index (χ2v) is 5.44. The van der Waals surface area contributed by atoms with Gasteiger partial charge in [0.2, 0.25) is 0 Å². The smallest absolute Gasteiger partial charge is 0.275 e. The third kappa shape index (κ3) is 4.33. The van der Waals surface area contributed by atoms with Crippen LogP contribution < -0.4 is 10.1 Å². The van der Waals surface area contributed by atoms with E-state index < -0.39 is 15.7 Å². The Balaban J connectivity index is 2.90. The first-order valence-electron chi connectivity index (χ1n) is 5.32. The van der Waals surface area contributed by atoms with E-state index in [9.17, 15) is 14.3 Å². The monoisotopic (exact) mass is 272 g/mol. The molecule has 0 aromatic heterocycles. The fraction of sp³-hybridized carbons (Fsp3) is 0.455. The largest absolute Gasteiger partial charge is 0.496 e. The molecule has 0 heterocycles. The molecule has 0 aliphatic carbocycles. The highest BCUT2D eigenvalue weighted by Crippen LogP contribution is 2.26. The lowest BCUT2D eigenvalue weighted by molar-refractivity contribution is -0.384. The number of anilines is 1. The first-order valence-corrected chi connectivity index (χ1v) is 7.05. The van der Waals surface area contributed by atoms with Crippen LogP contribution in [-0.4, -0.2) is 34.3 Å². The molecule has 2 unspecified atom stereocenters. The summed E-state index contributed by atoms with van der Waals surface area (Å²) in [6, 6.07) is 4.41. The molecule has 6 nitrogen and oxygen atoms in total. The van der Waals surface area contributed by atoms with Crippen molar-refractivity contribution in [3.63, 3.8) is 0 Å². The second-order valence-electron chi connectivity index (χ2n) is 3.96. The van der Waals surface area contributed by atoms with Crippen LogP contribution in [0.25, 0.3) is 0 Å². The maximum Gasteiger partial charge on any atom is 0.275 e. The van der Waals surface area contributed by atoms with Gasteiger partial charge in [0.15, 0.2) is 0 Å². The Bertz CT molecular complexity index is 464. The maximum absolute atomic E-state index is 11.1. The van der Waals surface area contributed by atoms with Gasteiger partial charge in [-0.25, -0.2) is 0 Å². The van der Waals surface area contributed by atoms with Crippen molar-refractivity contribution in [2.45, 2.75) is 13.0 Å². The van der Waals surface area contributed by atoms with Crippen LogP contribution in [0.5, 0.6) is 5.75 Å². The van der Waals surface area contributed by atoms with Gasteiger partial charge in [0.1, 0.15) is 5.75 Å². The van der Waals surface area contributed by atoms with Crippen LogP contribution in [0.15, 0.2) is 18.2 Å². The van der Waals surface area contributed by atoms with Crippen molar-refractivity contribution in [1.82, 2.24) is 0 Å². The zero-order valence-electron chi connectivity index (χ0n) is 10.5. The average Bonchev–Trinajstić information content (AvgIpc) is 2.27. The molecule has 0 spiro atoms. The Morgan fingerprint density at radius 3 is 2.67 bits per heavy atom. The summed E-state index contributed by atoms with van der Waals surface area (Å²) in [6.45, 7) is 1.87. The molecule has 0 fully saturated rings. The van der Waals surface area contributed by atoms with Gasteiger partial charge in [-0.1, -0.05) is 0 Å². The quantitative estimate of drug-likeness (QED) is 0.630. The van der Waals surface area contributed by atoms with Gasteiger partial charge >= 0.3 is 0 Å². The van der Waals surface area contributed by atoms with Crippen molar-refractivity contribution >= 4 is 22.2 Å². The zero-order valence-corrected chi connectivity index (χ0v) is 11.3. The van der Waals surface area contributed by atoms with Crippen LogP contribution in [-0.2, 0) is 10.8 Å². The molecular formula is C11H16N2O4S. The Labute approximate surface area is 108 Å². The van der Waals surface area contributed by atoms with Gasteiger partial charge in [-0.2, -0.15) is 0 Å². The van der Waals surface area contributed by atoms with Crippen LogP contribution in [0.4, 0.5) is 11.4 Å². The van der Waals surface area contributed by atoms with Crippen molar-refractivity contribution in [2.75, 3.05) is 24.4 Å². The summed E-state index contributed by atoms with van der Waals surface area (Å²) < 4.78 is 16.1. The van der Waals surface area contributed by atoms with E-state index >= 15 is 0 Å². The number of benzene rings is 1. The van der Waals surface area contributed by atoms with Gasteiger partial charge in [-0.3, -0.25) is 14.3 Å². The number of rotatable bonds is 6. The molecule has 0 bridgehead atoms. The summed E-state index contributed by atoms with van der Waals surface area (Å²) in [4.78, 5) is 10.3. The molecule has 1 aromatic rings. The van der Waals surface area contributed by atoms with Gasteiger partial charge in [-0.15, -0.1) is 0 Å². The van der Waals surface area contributed by atoms with E-state index in [0.29, 0.717) is 17.2 Å². The Hall–Kier alpha value is -1.63. The third-order valence-electron chi connectivity index (χ3n) is 2.24. The minimum Gasteiger partial charge on any atom is -0.496 e. The number of non-ortho nitro benzene ring substituents is 1. The van der Waals surface area contributed by atoms with Gasteiger partial charge in [-0.05, 0) is 6.92 Å². The summed E-state index contributed by atoms with van der Waals surface area (Å²) in [6.07, 6.45) is 1.62. The molecule has 0 amide bonds. The Morgan fingerprint density at radius 1 is 1.50 bits per heavy atom. The average molecular weight is 272 g/mol. The van der Waals surface area contributed by atoms with Crippen molar-refractivity contribution in [3.8, 4) is 5.75 Å². The topological polar surface area (TPSA) is 81.5 Å². The number of nitrogens with one attached hydrogen (secondary N) is 1. The number of nitro groups is 1. The lowest BCUT2D eigenvalue weighted by Crippen LogP contribution is -2.22. The van der Waals surface area contributed by atoms with E-state index in [2.05, 4.69) is 5.32 Å². The molecule has 0 aliphatic rings. The maximum atomic E-state index is 11.1. The lowest BCUT2D eigenvalue weighted by Gasteiger charge is -2.14. The van der Waals surface area contributed by atoms with E-state index in [1.54, 1.807) is 12.3 Å². The summed E-state index contributed by atoms with van der Waals surface area (Å²) in [5.74, 6) is 0.891. The minimum atomic E-state index is -0.918. The van der Waals surface area contributed by atoms with Crippen molar-refractivity contribution in [2.24, 2.45) is 0 Å². The van der Waals surface area contributed by atoms with Crippen molar-refractivity contribution in [3.05, 3.63) is 28.3 Å². The summed E-state index contributed by atoms with van der Waals surface area (Å²) in [5, 5.41) is 13.8. The first-order chi connectivity index (χ1) is 8.42. The first kappa shape index (κ1) is 14.4. The summed E-state index contributed by atoms with van der Waals surface area (Å²) in [5.41, 5.74) is 0.542. The highest BCUT2D eigenvalue weighted by molar-refractivity contribution is 7.84. The SMILES string of the molecule is COc1cc(NC(C)CS(C)=O)cc([N+](=O)[O-])c1. The van der Waals surface area contributed by atoms with Crippen LogP contribution >= 0.6 is 0 Å². The van der Waals surface area contributed by atoms with Gasteiger partial charge in [0, 0.05) is 46.7 Å². The van der Waals surface area contributed by atoms with E-state index in [1.165, 1.54) is 19.2 Å². The van der Waals surface area contributed by atoms with Gasteiger partial charge in [0.25, 0.3) is 5.69 Å². The summed E-state index contributed by atoms with van der Waals surface area (Å²) in [7, 11) is 0.534. The molecule has 0 aliphatic heterocycles. The van der Waals surface area contributed by atoms with Gasteiger partial charge < -0.3 is 10.1 Å². The second kappa shape index (κ2) is 6.34. The van der Waals surface area contributed by atoms with Crippen LogP contribution in [0.3, 0.4) is 0 Å². The third-order valence-corrected chi connectivity index (χ3v) is 3.20. The lowest BCUT2D eigenvalue weighted by atomic mass is 10.2. The molecular weight excluding hydrogens is 256 g/mol. The highest BCUT2D eigenvalue weighted by atomic mass is 32.2. The zero-order chi connectivity index (χ0) is 13.7. The number of nitrogens with zero attached hydrogens (tertiary/aromatic N) is 1. The van der Waals surface area contributed by atoms with Crippen LogP contribution in [0.1, 0.15) is 6.92 Å². The molecule has 7 heteroatoms. The predicted molar refractivity (Wildman–Crippen MR) is 71.7 cm³/mol. The molecule has 0 saturated heterocycles. The Morgan fingerprint density at radius 2 is 2.17 bits per heavy atom. The number of methoxy groups -OCH3 is 1. The number of hydrogen-bond acceptors (Lipinski definition) is 5. The fourth-order valence-electron chi connectivity index (χ4n) is 1.57. The van der Waals surface area contributed by atoms with Crippen molar-refractivity contribution in [1.29, 1.82) is 0 Å². The molecule has 1 aromatic carbocycles. The molecule has 1 rings (SSSR count). The minimum absolute atomic E-state index is 0.0393. The number of nitro benzene ring substituents is 1. The fourth-order valence-corrected chi connectivity index (χ4v) is 2.36. The molecule has 0 saturated carbocycles.